The van der Waals surface area contributed by atoms with E-state index in [0.717, 1.165) is 44.8 Å². The third-order valence-corrected chi connectivity index (χ3v) is 3.55. The summed E-state index contributed by atoms with van der Waals surface area (Å²) in [7, 11) is 0. The third-order valence-electron chi connectivity index (χ3n) is 3.55. The summed E-state index contributed by atoms with van der Waals surface area (Å²) in [4.78, 5) is 2.30. The molecule has 92 valence electrons. The minimum absolute atomic E-state index is 0.310. The van der Waals surface area contributed by atoms with Gasteiger partial charge in [0.15, 0.2) is 5.79 Å². The fraction of sp³-hybridized carbons (Fsp3) is 0.538. The second kappa shape index (κ2) is 4.20. The van der Waals surface area contributed by atoms with Gasteiger partial charge in [0.2, 0.25) is 0 Å². The van der Waals surface area contributed by atoms with Gasteiger partial charge in [-0.2, -0.15) is 0 Å². The molecule has 0 unspecified atom stereocenters. The second-order valence-corrected chi connectivity index (χ2v) is 4.61. The summed E-state index contributed by atoms with van der Waals surface area (Å²) in [5, 5.41) is 9.26. The van der Waals surface area contributed by atoms with Crippen LogP contribution in [-0.2, 0) is 9.47 Å². The molecule has 1 N–H and O–H groups in total. The lowest BCUT2D eigenvalue weighted by atomic mass is 10.0. The standard InChI is InChI=1S/C13H17NO3/c15-12-3-1-11(2-4-12)14-7-5-13(6-8-14)16-9-10-17-13/h1-4,15H,5-10H2. The van der Waals surface area contributed by atoms with Gasteiger partial charge in [-0.25, -0.2) is 0 Å². The lowest BCUT2D eigenvalue weighted by Gasteiger charge is -2.38. The molecule has 2 aliphatic heterocycles. The second-order valence-electron chi connectivity index (χ2n) is 4.61. The van der Waals surface area contributed by atoms with Crippen molar-refractivity contribution >= 4 is 5.69 Å². The largest absolute Gasteiger partial charge is 0.508 e. The Balaban J connectivity index is 1.66. The number of benzene rings is 1. The molecule has 2 heterocycles. The molecule has 3 rings (SSSR count). The lowest BCUT2D eigenvalue weighted by molar-refractivity contribution is -0.169. The molecule has 1 aromatic rings. The topological polar surface area (TPSA) is 41.9 Å². The van der Waals surface area contributed by atoms with Gasteiger partial charge in [0.05, 0.1) is 13.2 Å². The van der Waals surface area contributed by atoms with Crippen LogP contribution in [0.1, 0.15) is 12.8 Å². The van der Waals surface area contributed by atoms with Crippen molar-refractivity contribution in [3.05, 3.63) is 24.3 Å². The molecule has 4 nitrogen and oxygen atoms in total. The van der Waals surface area contributed by atoms with Gasteiger partial charge in [-0.1, -0.05) is 0 Å². The van der Waals surface area contributed by atoms with Crippen LogP contribution >= 0.6 is 0 Å². The summed E-state index contributed by atoms with van der Waals surface area (Å²) in [6, 6.07) is 7.35. The maximum absolute atomic E-state index is 9.26. The molecule has 0 amide bonds. The molecular weight excluding hydrogens is 218 g/mol. The highest BCUT2D eigenvalue weighted by Gasteiger charge is 2.39. The van der Waals surface area contributed by atoms with Crippen LogP contribution in [0, 0.1) is 0 Å². The molecule has 17 heavy (non-hydrogen) atoms. The molecule has 0 aliphatic carbocycles. The molecule has 1 spiro atoms. The predicted molar refractivity (Wildman–Crippen MR) is 64.2 cm³/mol. The molecule has 0 bridgehead atoms. The fourth-order valence-corrected chi connectivity index (χ4v) is 2.55. The Morgan fingerprint density at radius 1 is 1.00 bits per heavy atom. The van der Waals surface area contributed by atoms with Crippen LogP contribution in [-0.4, -0.2) is 37.2 Å². The number of anilines is 1. The smallest absolute Gasteiger partial charge is 0.171 e. The van der Waals surface area contributed by atoms with E-state index < -0.39 is 0 Å². The molecule has 1 aromatic carbocycles. The van der Waals surface area contributed by atoms with E-state index >= 15 is 0 Å². The monoisotopic (exact) mass is 235 g/mol. The Morgan fingerprint density at radius 2 is 1.59 bits per heavy atom. The first-order valence-electron chi connectivity index (χ1n) is 6.09. The maximum atomic E-state index is 9.26. The van der Waals surface area contributed by atoms with E-state index in [1.807, 2.05) is 12.1 Å². The summed E-state index contributed by atoms with van der Waals surface area (Å²) in [6.07, 6.45) is 1.82. The van der Waals surface area contributed by atoms with Crippen molar-refractivity contribution in [1.29, 1.82) is 0 Å². The van der Waals surface area contributed by atoms with Crippen molar-refractivity contribution in [2.45, 2.75) is 18.6 Å². The fourth-order valence-electron chi connectivity index (χ4n) is 2.55. The van der Waals surface area contributed by atoms with Crippen LogP contribution in [0.3, 0.4) is 0 Å². The van der Waals surface area contributed by atoms with Gasteiger partial charge in [-0.3, -0.25) is 0 Å². The highest BCUT2D eigenvalue weighted by Crippen LogP contribution is 2.33. The summed E-state index contributed by atoms with van der Waals surface area (Å²) in [5.41, 5.74) is 1.15. The zero-order valence-corrected chi connectivity index (χ0v) is 9.76. The minimum atomic E-state index is -0.312. The summed E-state index contributed by atoms with van der Waals surface area (Å²) < 4.78 is 11.4. The van der Waals surface area contributed by atoms with E-state index in [1.165, 1.54) is 0 Å². The SMILES string of the molecule is Oc1ccc(N2CCC3(CC2)OCCO3)cc1. The number of nitrogens with zero attached hydrogens (tertiary/aromatic N) is 1. The Hall–Kier alpha value is -1.26. The number of aromatic hydroxyl groups is 1. The van der Waals surface area contributed by atoms with Crippen LogP contribution in [0.4, 0.5) is 5.69 Å². The summed E-state index contributed by atoms with van der Waals surface area (Å²) in [5.74, 6) is -0.00219. The van der Waals surface area contributed by atoms with E-state index in [1.54, 1.807) is 12.1 Å². The molecule has 0 saturated carbocycles. The number of ether oxygens (including phenoxy) is 2. The average Bonchev–Trinajstić information content (AvgIpc) is 2.80. The van der Waals surface area contributed by atoms with Crippen LogP contribution in [0.5, 0.6) is 5.75 Å². The van der Waals surface area contributed by atoms with Gasteiger partial charge in [-0.15, -0.1) is 0 Å². The van der Waals surface area contributed by atoms with Gasteiger partial charge < -0.3 is 19.5 Å². The highest BCUT2D eigenvalue weighted by molar-refractivity contribution is 5.49. The molecule has 0 aromatic heterocycles. The first-order valence-corrected chi connectivity index (χ1v) is 6.09. The van der Waals surface area contributed by atoms with Crippen LogP contribution in [0.15, 0.2) is 24.3 Å². The normalized spacial score (nSPS) is 23.2. The number of phenolic OH excluding ortho intramolecular Hbond substituents is 1. The molecule has 4 heteroatoms. The highest BCUT2D eigenvalue weighted by atomic mass is 16.7. The van der Waals surface area contributed by atoms with Crippen molar-refractivity contribution in [2.24, 2.45) is 0 Å². The Labute approximate surface area is 101 Å². The van der Waals surface area contributed by atoms with Crippen molar-refractivity contribution in [3.63, 3.8) is 0 Å². The van der Waals surface area contributed by atoms with E-state index in [9.17, 15) is 5.11 Å². The predicted octanol–water partition coefficient (Wildman–Crippen LogP) is 1.74. The maximum Gasteiger partial charge on any atom is 0.171 e. The Bertz CT molecular complexity index is 374. The van der Waals surface area contributed by atoms with Crippen LogP contribution < -0.4 is 4.90 Å². The van der Waals surface area contributed by atoms with Crippen LogP contribution in [0.2, 0.25) is 0 Å². The van der Waals surface area contributed by atoms with Crippen molar-refractivity contribution in [2.75, 3.05) is 31.2 Å². The zero-order valence-electron chi connectivity index (χ0n) is 9.76. The number of hydrogen-bond acceptors (Lipinski definition) is 4. The van der Waals surface area contributed by atoms with Gasteiger partial charge in [0, 0.05) is 31.6 Å². The van der Waals surface area contributed by atoms with Gasteiger partial charge in [-0.05, 0) is 24.3 Å². The summed E-state index contributed by atoms with van der Waals surface area (Å²) in [6.45, 7) is 3.31. The third kappa shape index (κ3) is 2.10. The Morgan fingerprint density at radius 3 is 2.18 bits per heavy atom. The zero-order chi connectivity index (χ0) is 11.7. The number of hydrogen-bond donors (Lipinski definition) is 1. The number of rotatable bonds is 1. The van der Waals surface area contributed by atoms with E-state index in [2.05, 4.69) is 4.90 Å². The molecule has 2 saturated heterocycles. The van der Waals surface area contributed by atoms with Gasteiger partial charge in [0.25, 0.3) is 0 Å². The van der Waals surface area contributed by atoms with E-state index in [0.29, 0.717) is 5.75 Å². The van der Waals surface area contributed by atoms with E-state index in [-0.39, 0.29) is 5.79 Å². The number of piperidine rings is 1. The van der Waals surface area contributed by atoms with Gasteiger partial charge in [0.1, 0.15) is 5.75 Å². The minimum Gasteiger partial charge on any atom is -0.508 e. The van der Waals surface area contributed by atoms with Gasteiger partial charge >= 0.3 is 0 Å². The van der Waals surface area contributed by atoms with Crippen molar-refractivity contribution < 1.29 is 14.6 Å². The molecule has 0 atom stereocenters. The van der Waals surface area contributed by atoms with Crippen molar-refractivity contribution in [3.8, 4) is 5.75 Å². The quantitative estimate of drug-likeness (QED) is 0.805. The lowest BCUT2D eigenvalue weighted by Crippen LogP contribution is -2.45. The average molecular weight is 235 g/mol. The number of phenols is 1. The molecule has 2 fully saturated rings. The Kier molecular flexibility index (Phi) is 2.68. The first kappa shape index (κ1) is 10.9. The van der Waals surface area contributed by atoms with E-state index in [4.69, 9.17) is 9.47 Å². The first-order chi connectivity index (χ1) is 8.27. The van der Waals surface area contributed by atoms with Crippen molar-refractivity contribution in [1.82, 2.24) is 0 Å². The molecule has 2 aliphatic rings. The summed E-state index contributed by atoms with van der Waals surface area (Å²) >= 11 is 0. The molecule has 0 radical (unpaired) electrons. The van der Waals surface area contributed by atoms with Crippen LogP contribution in [0.25, 0.3) is 0 Å². The molecular formula is C13H17NO3.